The first-order valence-electron chi connectivity index (χ1n) is 10.7. The molecule has 5 N–H and O–H groups in total. The van der Waals surface area contributed by atoms with Crippen LogP contribution in [0, 0.1) is 0 Å². The first-order valence-corrected chi connectivity index (χ1v) is 10.7. The number of para-hydroxylation sites is 2. The van der Waals surface area contributed by atoms with Gasteiger partial charge in [-0.05, 0) is 70.5 Å². The first-order chi connectivity index (χ1) is 14.3. The van der Waals surface area contributed by atoms with Crippen LogP contribution in [0.3, 0.4) is 0 Å². The third-order valence-electron chi connectivity index (χ3n) is 5.10. The van der Waals surface area contributed by atoms with Gasteiger partial charge in [0, 0.05) is 17.3 Å². The molecule has 1 aromatic heterocycles. The highest BCUT2D eigenvalue weighted by Gasteiger charge is 2.14. The number of nitrogens with zero attached hydrogens (tertiary/aromatic N) is 1. The lowest BCUT2D eigenvalue weighted by atomic mass is 10.2. The number of nitrogens with one attached hydrogen (secondary N) is 3. The van der Waals surface area contributed by atoms with E-state index >= 15 is 0 Å². The standard InChI is InChI=1S/C23H33N5O.CH4/c24-13-7-16-25-14-5-6-15-26-17-8-18-27-23(29)28-21-11-3-1-9-19(21)20-10-2-4-12-22(20)28;/h1-4,9-12,25-26H,5-8,13-18,24H2,(H,27,29);1H4. The molecule has 0 unspecified atom stereocenters. The van der Waals surface area contributed by atoms with Crippen molar-refractivity contribution in [2.45, 2.75) is 33.1 Å². The summed E-state index contributed by atoms with van der Waals surface area (Å²) in [5.41, 5.74) is 7.36. The van der Waals surface area contributed by atoms with E-state index in [2.05, 4.69) is 28.1 Å². The molecule has 0 spiro atoms. The zero-order valence-electron chi connectivity index (χ0n) is 17.1. The average molecular weight is 412 g/mol. The number of unbranched alkanes of at least 4 members (excludes halogenated alkanes) is 1. The van der Waals surface area contributed by atoms with Crippen molar-refractivity contribution in [2.24, 2.45) is 5.73 Å². The molecule has 2 aromatic carbocycles. The maximum atomic E-state index is 12.8. The van der Waals surface area contributed by atoms with Crippen LogP contribution in [-0.4, -0.2) is 49.9 Å². The van der Waals surface area contributed by atoms with Crippen molar-refractivity contribution < 1.29 is 4.79 Å². The van der Waals surface area contributed by atoms with Crippen molar-refractivity contribution in [1.29, 1.82) is 0 Å². The van der Waals surface area contributed by atoms with Gasteiger partial charge in [-0.25, -0.2) is 4.79 Å². The molecule has 0 fully saturated rings. The molecule has 0 aliphatic heterocycles. The monoisotopic (exact) mass is 411 g/mol. The van der Waals surface area contributed by atoms with Crippen LogP contribution in [0.25, 0.3) is 21.8 Å². The molecule has 0 radical (unpaired) electrons. The van der Waals surface area contributed by atoms with Gasteiger partial charge in [-0.15, -0.1) is 0 Å². The molecule has 6 nitrogen and oxygen atoms in total. The van der Waals surface area contributed by atoms with E-state index in [4.69, 9.17) is 5.73 Å². The molecule has 0 aliphatic rings. The molecule has 1 amide bonds. The van der Waals surface area contributed by atoms with Crippen LogP contribution in [0.2, 0.25) is 0 Å². The molecule has 0 saturated heterocycles. The van der Waals surface area contributed by atoms with Crippen LogP contribution in [-0.2, 0) is 0 Å². The van der Waals surface area contributed by atoms with Gasteiger partial charge in [-0.2, -0.15) is 0 Å². The van der Waals surface area contributed by atoms with Gasteiger partial charge in [0.2, 0.25) is 0 Å². The predicted molar refractivity (Wildman–Crippen MR) is 128 cm³/mol. The van der Waals surface area contributed by atoms with Gasteiger partial charge in [0.05, 0.1) is 11.0 Å². The zero-order valence-corrected chi connectivity index (χ0v) is 17.1. The number of hydrogen-bond donors (Lipinski definition) is 4. The number of amides is 1. The van der Waals surface area contributed by atoms with Crippen LogP contribution >= 0.6 is 0 Å². The van der Waals surface area contributed by atoms with E-state index in [0.717, 1.165) is 73.8 Å². The summed E-state index contributed by atoms with van der Waals surface area (Å²) in [5, 5.41) is 12.1. The number of nitrogens with two attached hydrogens (primary N) is 1. The number of aromatic nitrogens is 1. The Morgan fingerprint density at radius 1 is 0.733 bits per heavy atom. The highest BCUT2D eigenvalue weighted by molar-refractivity contribution is 6.13. The Morgan fingerprint density at radius 3 is 1.80 bits per heavy atom. The van der Waals surface area contributed by atoms with Crippen molar-refractivity contribution in [2.75, 3.05) is 39.3 Å². The molecule has 1 heterocycles. The second-order valence-corrected chi connectivity index (χ2v) is 7.30. The fourth-order valence-electron chi connectivity index (χ4n) is 3.61. The Bertz CT molecular complexity index is 852. The van der Waals surface area contributed by atoms with E-state index in [1.807, 2.05) is 36.4 Å². The fraction of sp³-hybridized carbons (Fsp3) is 0.458. The molecular weight excluding hydrogens is 374 g/mol. The molecular formula is C24H37N5O. The summed E-state index contributed by atoms with van der Waals surface area (Å²) < 4.78 is 1.79. The molecule has 164 valence electrons. The van der Waals surface area contributed by atoms with E-state index < -0.39 is 0 Å². The van der Waals surface area contributed by atoms with Crippen LogP contribution in [0.4, 0.5) is 4.79 Å². The normalized spacial score (nSPS) is 11.0. The summed E-state index contributed by atoms with van der Waals surface area (Å²) in [6.07, 6.45) is 4.28. The van der Waals surface area contributed by atoms with Gasteiger partial charge in [-0.3, -0.25) is 4.57 Å². The Kier molecular flexibility index (Phi) is 10.3. The minimum Gasteiger partial charge on any atom is -0.337 e. The Labute approximate surface area is 180 Å². The summed E-state index contributed by atoms with van der Waals surface area (Å²) in [4.78, 5) is 12.8. The Hall–Kier alpha value is -2.41. The van der Waals surface area contributed by atoms with Crippen molar-refractivity contribution in [3.63, 3.8) is 0 Å². The average Bonchev–Trinajstić information content (AvgIpc) is 3.09. The van der Waals surface area contributed by atoms with Crippen molar-refractivity contribution in [3.05, 3.63) is 48.5 Å². The van der Waals surface area contributed by atoms with Gasteiger partial charge in [0.1, 0.15) is 0 Å². The van der Waals surface area contributed by atoms with E-state index in [1.54, 1.807) is 4.57 Å². The first kappa shape index (κ1) is 23.9. The molecule has 0 saturated carbocycles. The predicted octanol–water partition coefficient (Wildman–Crippen LogP) is 3.69. The summed E-state index contributed by atoms with van der Waals surface area (Å²) >= 11 is 0. The summed E-state index contributed by atoms with van der Waals surface area (Å²) in [5.74, 6) is 0. The maximum absolute atomic E-state index is 12.8. The molecule has 30 heavy (non-hydrogen) atoms. The van der Waals surface area contributed by atoms with Crippen LogP contribution in [0.15, 0.2) is 48.5 Å². The van der Waals surface area contributed by atoms with Crippen molar-refractivity contribution in [1.82, 2.24) is 20.5 Å². The van der Waals surface area contributed by atoms with E-state index in [9.17, 15) is 4.79 Å². The molecule has 6 heteroatoms. The van der Waals surface area contributed by atoms with Gasteiger partial charge in [0.15, 0.2) is 0 Å². The number of hydrogen-bond acceptors (Lipinski definition) is 4. The molecule has 0 atom stereocenters. The number of benzene rings is 2. The van der Waals surface area contributed by atoms with Crippen molar-refractivity contribution >= 4 is 27.8 Å². The second-order valence-electron chi connectivity index (χ2n) is 7.30. The van der Waals surface area contributed by atoms with Gasteiger partial charge in [-0.1, -0.05) is 43.8 Å². The molecule has 3 aromatic rings. The summed E-state index contributed by atoms with van der Waals surface area (Å²) in [6, 6.07) is 16.1. The van der Waals surface area contributed by atoms with Crippen LogP contribution in [0.1, 0.15) is 33.1 Å². The number of rotatable bonds is 12. The largest absolute Gasteiger partial charge is 0.337 e. The fourth-order valence-corrected chi connectivity index (χ4v) is 3.61. The van der Waals surface area contributed by atoms with E-state index in [-0.39, 0.29) is 13.5 Å². The lowest BCUT2D eigenvalue weighted by Gasteiger charge is -2.09. The lowest BCUT2D eigenvalue weighted by Crippen LogP contribution is -2.31. The van der Waals surface area contributed by atoms with Crippen LogP contribution < -0.4 is 21.7 Å². The SMILES string of the molecule is C.NCCCNCCCCNCCCNC(=O)n1c2ccccc2c2ccccc21. The quantitative estimate of drug-likeness (QED) is 0.343. The lowest BCUT2D eigenvalue weighted by molar-refractivity contribution is 0.244. The van der Waals surface area contributed by atoms with E-state index in [1.165, 1.54) is 6.42 Å². The highest BCUT2D eigenvalue weighted by Crippen LogP contribution is 2.28. The highest BCUT2D eigenvalue weighted by atomic mass is 16.2. The third-order valence-corrected chi connectivity index (χ3v) is 5.10. The Morgan fingerprint density at radius 2 is 1.23 bits per heavy atom. The summed E-state index contributed by atoms with van der Waals surface area (Å²) in [6.45, 7) is 5.40. The molecule has 0 aliphatic carbocycles. The number of carbonyl (C=O) groups excluding carboxylic acids is 1. The second kappa shape index (κ2) is 13.0. The van der Waals surface area contributed by atoms with Crippen molar-refractivity contribution in [3.8, 4) is 0 Å². The zero-order chi connectivity index (χ0) is 20.3. The van der Waals surface area contributed by atoms with Gasteiger partial charge >= 0.3 is 6.03 Å². The molecule has 0 bridgehead atoms. The molecule has 3 rings (SSSR count). The topological polar surface area (TPSA) is 84.1 Å². The minimum atomic E-state index is -0.0639. The smallest absolute Gasteiger partial charge is 0.326 e. The summed E-state index contributed by atoms with van der Waals surface area (Å²) in [7, 11) is 0. The van der Waals surface area contributed by atoms with E-state index in [0.29, 0.717) is 6.54 Å². The number of fused-ring (bicyclic) bond motifs is 3. The number of carbonyl (C=O) groups is 1. The minimum absolute atomic E-state index is 0. The van der Waals surface area contributed by atoms with Gasteiger partial charge < -0.3 is 21.7 Å². The third kappa shape index (κ3) is 6.29. The Balaban J connectivity index is 0.00000320. The van der Waals surface area contributed by atoms with Crippen LogP contribution in [0.5, 0.6) is 0 Å². The maximum Gasteiger partial charge on any atom is 0.326 e. The van der Waals surface area contributed by atoms with Gasteiger partial charge in [0.25, 0.3) is 0 Å².